The smallest absolute Gasteiger partial charge is 0.360 e. The van der Waals surface area contributed by atoms with Crippen LogP contribution in [0.5, 0.6) is 0 Å². The van der Waals surface area contributed by atoms with Crippen molar-refractivity contribution in [3.05, 3.63) is 22.7 Å². The van der Waals surface area contributed by atoms with Crippen molar-refractivity contribution in [3.63, 3.8) is 0 Å². The molecule has 90 valence electrons. The minimum Gasteiger partial charge on any atom is -0.461 e. The summed E-state index contributed by atoms with van der Waals surface area (Å²) < 4.78 is 10.1. The van der Waals surface area contributed by atoms with E-state index in [2.05, 4.69) is 9.97 Å². The molecule has 0 saturated carbocycles. The lowest BCUT2D eigenvalue weighted by Gasteiger charge is -1.94. The van der Waals surface area contributed by atoms with Gasteiger partial charge in [-0.05, 0) is 20.8 Å². The van der Waals surface area contributed by atoms with Crippen LogP contribution >= 0.6 is 11.3 Å². The minimum absolute atomic E-state index is 0.187. The number of rotatable bonds is 3. The molecule has 0 atom stereocenters. The molecule has 0 unspecified atom stereocenters. The van der Waals surface area contributed by atoms with Gasteiger partial charge in [0.2, 0.25) is 5.89 Å². The molecule has 0 amide bonds. The number of nitrogens with zero attached hydrogens (tertiary/aromatic N) is 2. The maximum atomic E-state index is 11.4. The van der Waals surface area contributed by atoms with Crippen molar-refractivity contribution < 1.29 is 13.9 Å². The first kappa shape index (κ1) is 11.8. The van der Waals surface area contributed by atoms with Crippen LogP contribution in [0.4, 0.5) is 0 Å². The third-order valence-electron chi connectivity index (χ3n) is 2.09. The number of ether oxygens (including phenoxy) is 1. The van der Waals surface area contributed by atoms with Crippen molar-refractivity contribution in [2.24, 2.45) is 0 Å². The molecule has 0 aliphatic carbocycles. The number of aryl methyl sites for hydroxylation is 2. The van der Waals surface area contributed by atoms with Gasteiger partial charge in [-0.15, -0.1) is 11.3 Å². The zero-order chi connectivity index (χ0) is 12.4. The van der Waals surface area contributed by atoms with Crippen molar-refractivity contribution in [1.82, 2.24) is 9.97 Å². The molecule has 2 aromatic heterocycles. The molecule has 6 heteroatoms. The molecule has 0 saturated heterocycles. The highest BCUT2D eigenvalue weighted by Gasteiger charge is 2.17. The van der Waals surface area contributed by atoms with Gasteiger partial charge in [0, 0.05) is 0 Å². The van der Waals surface area contributed by atoms with Crippen molar-refractivity contribution in [2.75, 3.05) is 6.61 Å². The molecule has 0 aliphatic heterocycles. The van der Waals surface area contributed by atoms with Gasteiger partial charge in [0.05, 0.1) is 17.3 Å². The Morgan fingerprint density at radius 2 is 2.24 bits per heavy atom. The number of carbonyl (C=O) groups excluding carboxylic acids is 1. The van der Waals surface area contributed by atoms with Crippen molar-refractivity contribution in [1.29, 1.82) is 0 Å². The SMILES string of the molecule is CCOC(=O)c1coc(-c2sc(C)nc2C)n1. The van der Waals surface area contributed by atoms with Crippen LogP contribution in [0.1, 0.15) is 28.1 Å². The van der Waals surface area contributed by atoms with E-state index in [1.807, 2.05) is 13.8 Å². The van der Waals surface area contributed by atoms with Gasteiger partial charge in [0.15, 0.2) is 5.69 Å². The van der Waals surface area contributed by atoms with Gasteiger partial charge in [0.25, 0.3) is 0 Å². The fourth-order valence-electron chi connectivity index (χ4n) is 1.41. The van der Waals surface area contributed by atoms with Crippen LogP contribution < -0.4 is 0 Å². The molecule has 17 heavy (non-hydrogen) atoms. The van der Waals surface area contributed by atoms with Crippen LogP contribution in [0.3, 0.4) is 0 Å². The number of thiazole rings is 1. The van der Waals surface area contributed by atoms with Gasteiger partial charge in [-0.25, -0.2) is 14.8 Å². The van der Waals surface area contributed by atoms with Crippen LogP contribution in [0, 0.1) is 13.8 Å². The van der Waals surface area contributed by atoms with Crippen LogP contribution in [0.15, 0.2) is 10.7 Å². The Labute approximate surface area is 102 Å². The summed E-state index contributed by atoms with van der Waals surface area (Å²) in [7, 11) is 0. The molecule has 5 nitrogen and oxygen atoms in total. The van der Waals surface area contributed by atoms with Crippen LogP contribution in [0.2, 0.25) is 0 Å². The Morgan fingerprint density at radius 3 is 2.82 bits per heavy atom. The van der Waals surface area contributed by atoms with E-state index in [0.717, 1.165) is 15.6 Å². The molecule has 0 aliphatic rings. The first-order valence-corrected chi connectivity index (χ1v) is 6.00. The van der Waals surface area contributed by atoms with Gasteiger partial charge in [0.1, 0.15) is 11.1 Å². The molecule has 2 aromatic rings. The summed E-state index contributed by atoms with van der Waals surface area (Å²) in [5.41, 5.74) is 1.04. The highest BCUT2D eigenvalue weighted by Crippen LogP contribution is 2.28. The molecule has 0 spiro atoms. The van der Waals surface area contributed by atoms with E-state index in [1.54, 1.807) is 6.92 Å². The second-order valence-electron chi connectivity index (χ2n) is 3.41. The Morgan fingerprint density at radius 1 is 1.47 bits per heavy atom. The lowest BCUT2D eigenvalue weighted by molar-refractivity contribution is 0.0519. The largest absolute Gasteiger partial charge is 0.461 e. The zero-order valence-corrected chi connectivity index (χ0v) is 10.6. The summed E-state index contributed by atoms with van der Waals surface area (Å²) in [4.78, 5) is 20.7. The summed E-state index contributed by atoms with van der Waals surface area (Å²) in [6.07, 6.45) is 1.31. The molecule has 2 rings (SSSR count). The normalized spacial score (nSPS) is 10.5. The van der Waals surface area contributed by atoms with E-state index < -0.39 is 5.97 Å². The zero-order valence-electron chi connectivity index (χ0n) is 9.81. The first-order chi connectivity index (χ1) is 8.11. The Hall–Kier alpha value is -1.69. The van der Waals surface area contributed by atoms with E-state index in [9.17, 15) is 4.79 Å². The lowest BCUT2D eigenvalue weighted by atomic mass is 10.4. The first-order valence-electron chi connectivity index (χ1n) is 5.19. The van der Waals surface area contributed by atoms with Crippen molar-refractivity contribution in [2.45, 2.75) is 20.8 Å². The fraction of sp³-hybridized carbons (Fsp3) is 0.364. The molecule has 0 radical (unpaired) electrons. The number of hydrogen-bond donors (Lipinski definition) is 0. The Kier molecular flexibility index (Phi) is 3.23. The highest BCUT2D eigenvalue weighted by atomic mass is 32.1. The van der Waals surface area contributed by atoms with Crippen molar-refractivity contribution in [3.8, 4) is 10.8 Å². The molecule has 0 N–H and O–H groups in total. The third kappa shape index (κ3) is 2.36. The van der Waals surface area contributed by atoms with E-state index in [-0.39, 0.29) is 5.69 Å². The van der Waals surface area contributed by atoms with Crippen LogP contribution in [-0.2, 0) is 4.74 Å². The molecule has 2 heterocycles. The highest BCUT2D eigenvalue weighted by molar-refractivity contribution is 7.15. The summed E-state index contributed by atoms with van der Waals surface area (Å²) >= 11 is 1.49. The molecule has 0 aromatic carbocycles. The predicted octanol–water partition coefficient (Wildman–Crippen LogP) is 2.59. The van der Waals surface area contributed by atoms with Crippen LogP contribution in [0.25, 0.3) is 10.8 Å². The number of esters is 1. The number of carbonyl (C=O) groups is 1. The molecule has 0 bridgehead atoms. The minimum atomic E-state index is -0.471. The van der Waals surface area contributed by atoms with E-state index in [1.165, 1.54) is 17.6 Å². The number of oxazole rings is 1. The molecular formula is C11H12N2O3S. The maximum absolute atomic E-state index is 11.4. The van der Waals surface area contributed by atoms with E-state index >= 15 is 0 Å². The quantitative estimate of drug-likeness (QED) is 0.785. The lowest BCUT2D eigenvalue weighted by Crippen LogP contribution is -2.04. The van der Waals surface area contributed by atoms with Crippen LogP contribution in [-0.4, -0.2) is 22.5 Å². The summed E-state index contributed by atoms with van der Waals surface area (Å²) in [6.45, 7) is 5.86. The summed E-state index contributed by atoms with van der Waals surface area (Å²) in [5.74, 6) is -0.0578. The monoisotopic (exact) mass is 252 g/mol. The summed E-state index contributed by atoms with van der Waals surface area (Å²) in [5, 5.41) is 0.938. The Bertz CT molecular complexity index is 545. The Balaban J connectivity index is 2.30. The summed E-state index contributed by atoms with van der Waals surface area (Å²) in [6, 6.07) is 0. The third-order valence-corrected chi connectivity index (χ3v) is 3.15. The van der Waals surface area contributed by atoms with Gasteiger partial charge in [-0.3, -0.25) is 0 Å². The fourth-order valence-corrected chi connectivity index (χ4v) is 2.26. The van der Waals surface area contributed by atoms with Gasteiger partial charge < -0.3 is 9.15 Å². The second kappa shape index (κ2) is 4.67. The second-order valence-corrected chi connectivity index (χ2v) is 4.61. The number of hydrogen-bond acceptors (Lipinski definition) is 6. The number of aromatic nitrogens is 2. The molecular weight excluding hydrogens is 240 g/mol. The van der Waals surface area contributed by atoms with E-state index in [0.29, 0.717) is 12.5 Å². The molecule has 0 fully saturated rings. The predicted molar refractivity (Wildman–Crippen MR) is 63.0 cm³/mol. The standard InChI is InChI=1S/C11H12N2O3S/c1-4-15-11(14)8-5-16-10(13-8)9-6(2)12-7(3)17-9/h5H,4H2,1-3H3. The van der Waals surface area contributed by atoms with E-state index in [4.69, 9.17) is 9.15 Å². The maximum Gasteiger partial charge on any atom is 0.360 e. The average molecular weight is 252 g/mol. The van der Waals surface area contributed by atoms with Gasteiger partial charge >= 0.3 is 5.97 Å². The van der Waals surface area contributed by atoms with Gasteiger partial charge in [-0.1, -0.05) is 0 Å². The average Bonchev–Trinajstić information content (AvgIpc) is 2.85. The topological polar surface area (TPSA) is 65.2 Å². The van der Waals surface area contributed by atoms with Crippen molar-refractivity contribution >= 4 is 17.3 Å². The van der Waals surface area contributed by atoms with Gasteiger partial charge in [-0.2, -0.15) is 0 Å².